The number of nitrogen functional groups attached to an aromatic ring is 1. The van der Waals surface area contributed by atoms with Gasteiger partial charge in [-0.05, 0) is 30.8 Å². The molecule has 1 heterocycles. The molecule has 0 saturated carbocycles. The third kappa shape index (κ3) is 3.84. The molecule has 100 valence electrons. The Hall–Kier alpha value is -1.79. The Balaban J connectivity index is 2.08. The van der Waals surface area contributed by atoms with Crippen molar-refractivity contribution < 1.29 is 4.39 Å². The molecular formula is C13H15FN4S. The van der Waals surface area contributed by atoms with Gasteiger partial charge in [-0.15, -0.1) is 11.3 Å². The van der Waals surface area contributed by atoms with Crippen LogP contribution in [-0.2, 0) is 13.1 Å². The summed E-state index contributed by atoms with van der Waals surface area (Å²) in [5, 5.41) is 9.35. The van der Waals surface area contributed by atoms with Gasteiger partial charge in [0.1, 0.15) is 11.7 Å². The summed E-state index contributed by atoms with van der Waals surface area (Å²) in [4.78, 5) is 6.25. The molecule has 19 heavy (non-hydrogen) atoms. The number of hydrogen-bond donors (Lipinski definition) is 2. The van der Waals surface area contributed by atoms with Gasteiger partial charge in [-0.1, -0.05) is 0 Å². The van der Waals surface area contributed by atoms with Crippen LogP contribution in [0.5, 0.6) is 0 Å². The molecule has 6 heteroatoms. The lowest BCUT2D eigenvalue weighted by molar-refractivity contribution is 0.315. The first kappa shape index (κ1) is 13.6. The number of amidine groups is 1. The van der Waals surface area contributed by atoms with Crippen molar-refractivity contribution in [3.63, 3.8) is 0 Å². The standard InChI is InChI=1S/C13H15FN4S/c1-18(6-12-7-19-8-17-12)5-9-2-10(13(15)16)4-11(14)3-9/h2-4,7-8H,5-6H2,1H3,(H3,15,16). The topological polar surface area (TPSA) is 66.0 Å². The SMILES string of the molecule is CN(Cc1cc(F)cc(C(=N)N)c1)Cc1cscn1. The number of hydrogen-bond acceptors (Lipinski definition) is 4. The fourth-order valence-corrected chi connectivity index (χ4v) is 2.41. The van der Waals surface area contributed by atoms with Gasteiger partial charge in [-0.3, -0.25) is 10.3 Å². The van der Waals surface area contributed by atoms with E-state index in [-0.39, 0.29) is 11.7 Å². The molecule has 0 fully saturated rings. The summed E-state index contributed by atoms with van der Waals surface area (Å²) in [5.41, 5.74) is 9.38. The third-order valence-corrected chi connectivity index (χ3v) is 3.27. The van der Waals surface area contributed by atoms with E-state index in [0.29, 0.717) is 18.7 Å². The Kier molecular flexibility index (Phi) is 4.24. The minimum Gasteiger partial charge on any atom is -0.384 e. The van der Waals surface area contributed by atoms with Crippen LogP contribution in [0.15, 0.2) is 29.1 Å². The van der Waals surface area contributed by atoms with Crippen molar-refractivity contribution in [1.29, 1.82) is 5.41 Å². The van der Waals surface area contributed by atoms with Crippen molar-refractivity contribution in [2.75, 3.05) is 7.05 Å². The molecule has 0 saturated heterocycles. The Morgan fingerprint density at radius 2 is 2.21 bits per heavy atom. The van der Waals surface area contributed by atoms with Gasteiger partial charge in [0.25, 0.3) is 0 Å². The summed E-state index contributed by atoms with van der Waals surface area (Å²) in [6.45, 7) is 1.28. The van der Waals surface area contributed by atoms with E-state index in [1.807, 2.05) is 17.3 Å². The highest BCUT2D eigenvalue weighted by Gasteiger charge is 2.07. The fourth-order valence-electron chi connectivity index (χ4n) is 1.86. The summed E-state index contributed by atoms with van der Waals surface area (Å²) in [6.07, 6.45) is 0. The van der Waals surface area contributed by atoms with E-state index in [9.17, 15) is 4.39 Å². The molecule has 0 aliphatic rings. The largest absolute Gasteiger partial charge is 0.384 e. The van der Waals surface area contributed by atoms with Crippen LogP contribution < -0.4 is 5.73 Å². The van der Waals surface area contributed by atoms with Crippen LogP contribution in [0.3, 0.4) is 0 Å². The van der Waals surface area contributed by atoms with Crippen molar-refractivity contribution in [2.45, 2.75) is 13.1 Å². The maximum absolute atomic E-state index is 13.4. The second-order valence-corrected chi connectivity index (χ2v) is 5.13. The molecule has 0 amide bonds. The highest BCUT2D eigenvalue weighted by molar-refractivity contribution is 7.07. The maximum atomic E-state index is 13.4. The number of nitrogens with one attached hydrogen (secondary N) is 1. The Labute approximate surface area is 115 Å². The molecule has 0 atom stereocenters. The number of nitrogens with zero attached hydrogens (tertiary/aromatic N) is 2. The summed E-state index contributed by atoms with van der Waals surface area (Å²) < 4.78 is 13.4. The quantitative estimate of drug-likeness (QED) is 0.651. The monoisotopic (exact) mass is 278 g/mol. The molecule has 1 aromatic heterocycles. The van der Waals surface area contributed by atoms with Gasteiger partial charge in [0.2, 0.25) is 0 Å². The average molecular weight is 278 g/mol. The highest BCUT2D eigenvalue weighted by atomic mass is 32.1. The fraction of sp³-hybridized carbons (Fsp3) is 0.231. The van der Waals surface area contributed by atoms with E-state index in [0.717, 1.165) is 11.3 Å². The third-order valence-electron chi connectivity index (χ3n) is 2.64. The van der Waals surface area contributed by atoms with Crippen LogP contribution in [0, 0.1) is 11.2 Å². The molecule has 0 aliphatic heterocycles. The average Bonchev–Trinajstić information content (AvgIpc) is 2.80. The molecule has 2 aromatic rings. The Morgan fingerprint density at radius 1 is 1.42 bits per heavy atom. The smallest absolute Gasteiger partial charge is 0.124 e. The molecular weight excluding hydrogens is 263 g/mol. The van der Waals surface area contributed by atoms with E-state index in [4.69, 9.17) is 11.1 Å². The van der Waals surface area contributed by atoms with Crippen molar-refractivity contribution in [3.05, 3.63) is 51.7 Å². The van der Waals surface area contributed by atoms with E-state index in [2.05, 4.69) is 4.98 Å². The molecule has 0 radical (unpaired) electrons. The first-order valence-corrected chi connectivity index (χ1v) is 6.68. The number of halogens is 1. The van der Waals surface area contributed by atoms with Crippen molar-refractivity contribution in [1.82, 2.24) is 9.88 Å². The normalized spacial score (nSPS) is 10.9. The predicted octanol–water partition coefficient (Wildman–Crippen LogP) is 2.20. The molecule has 0 spiro atoms. The summed E-state index contributed by atoms with van der Waals surface area (Å²) in [7, 11) is 1.94. The molecule has 0 bridgehead atoms. The van der Waals surface area contributed by atoms with Gasteiger partial charge in [0.15, 0.2) is 0 Å². The lowest BCUT2D eigenvalue weighted by atomic mass is 10.1. The Morgan fingerprint density at radius 3 is 2.84 bits per heavy atom. The molecule has 4 nitrogen and oxygen atoms in total. The molecule has 0 unspecified atom stereocenters. The van der Waals surface area contributed by atoms with Gasteiger partial charge >= 0.3 is 0 Å². The van der Waals surface area contributed by atoms with Gasteiger partial charge in [-0.2, -0.15) is 0 Å². The predicted molar refractivity (Wildman–Crippen MR) is 74.7 cm³/mol. The van der Waals surface area contributed by atoms with Gasteiger partial charge in [-0.25, -0.2) is 9.37 Å². The van der Waals surface area contributed by atoms with Crippen LogP contribution in [0.2, 0.25) is 0 Å². The van der Waals surface area contributed by atoms with Crippen molar-refractivity contribution in [2.24, 2.45) is 5.73 Å². The molecule has 1 aromatic carbocycles. The van der Waals surface area contributed by atoms with Gasteiger partial charge < -0.3 is 5.73 Å². The number of thiazole rings is 1. The van der Waals surface area contributed by atoms with E-state index in [1.165, 1.54) is 12.1 Å². The van der Waals surface area contributed by atoms with Gasteiger partial charge in [0, 0.05) is 24.0 Å². The van der Waals surface area contributed by atoms with Crippen molar-refractivity contribution >= 4 is 17.2 Å². The van der Waals surface area contributed by atoms with Crippen LogP contribution >= 0.6 is 11.3 Å². The molecule has 3 N–H and O–H groups in total. The summed E-state index contributed by atoms with van der Waals surface area (Å²) in [6, 6.07) is 4.47. The second-order valence-electron chi connectivity index (χ2n) is 4.41. The number of aromatic nitrogens is 1. The first-order valence-electron chi connectivity index (χ1n) is 5.74. The first-order chi connectivity index (χ1) is 9.04. The Bertz CT molecular complexity index is 568. The minimum absolute atomic E-state index is 0.122. The van der Waals surface area contributed by atoms with Crippen molar-refractivity contribution in [3.8, 4) is 0 Å². The lowest BCUT2D eigenvalue weighted by Gasteiger charge is -2.16. The van der Waals surface area contributed by atoms with Gasteiger partial charge in [0.05, 0.1) is 11.2 Å². The number of benzene rings is 1. The van der Waals surface area contributed by atoms with E-state index >= 15 is 0 Å². The lowest BCUT2D eigenvalue weighted by Crippen LogP contribution is -2.18. The maximum Gasteiger partial charge on any atom is 0.124 e. The zero-order chi connectivity index (χ0) is 13.8. The van der Waals surface area contributed by atoms with Crippen LogP contribution in [0.4, 0.5) is 4.39 Å². The highest BCUT2D eigenvalue weighted by Crippen LogP contribution is 2.12. The molecule has 0 aliphatic carbocycles. The van der Waals surface area contributed by atoms with E-state index in [1.54, 1.807) is 22.9 Å². The second kappa shape index (κ2) is 5.90. The summed E-state index contributed by atoms with van der Waals surface area (Å²) in [5.74, 6) is -0.493. The zero-order valence-corrected chi connectivity index (χ0v) is 11.4. The van der Waals surface area contributed by atoms with Crippen LogP contribution in [0.1, 0.15) is 16.8 Å². The zero-order valence-electron chi connectivity index (χ0n) is 10.6. The van der Waals surface area contributed by atoms with Crippen LogP contribution in [0.25, 0.3) is 0 Å². The summed E-state index contributed by atoms with van der Waals surface area (Å²) >= 11 is 1.55. The number of rotatable bonds is 5. The van der Waals surface area contributed by atoms with Crippen LogP contribution in [-0.4, -0.2) is 22.8 Å². The number of nitrogens with two attached hydrogens (primary N) is 1. The minimum atomic E-state index is -0.371. The molecule has 2 rings (SSSR count). The van der Waals surface area contributed by atoms with E-state index < -0.39 is 0 Å².